The van der Waals surface area contributed by atoms with Gasteiger partial charge in [-0.25, -0.2) is 4.98 Å². The van der Waals surface area contributed by atoms with E-state index in [4.69, 9.17) is 17.3 Å². The van der Waals surface area contributed by atoms with Gasteiger partial charge in [0, 0.05) is 48.7 Å². The maximum absolute atomic E-state index is 12.5. The van der Waals surface area contributed by atoms with Crippen LogP contribution >= 0.6 is 22.9 Å². The van der Waals surface area contributed by atoms with Gasteiger partial charge in [0.2, 0.25) is 0 Å². The number of aromatic nitrogens is 1. The Hall–Kier alpha value is -1.96. The first kappa shape index (κ1) is 16.9. The minimum absolute atomic E-state index is 0.0437. The van der Waals surface area contributed by atoms with Gasteiger partial charge in [-0.1, -0.05) is 11.6 Å². The van der Waals surface area contributed by atoms with Gasteiger partial charge in [0.05, 0.1) is 0 Å². The third kappa shape index (κ3) is 3.58. The van der Waals surface area contributed by atoms with Crippen molar-refractivity contribution in [2.24, 2.45) is 5.73 Å². The summed E-state index contributed by atoms with van der Waals surface area (Å²) in [4.78, 5) is 32.6. The first-order valence-electron chi connectivity index (χ1n) is 7.57. The van der Waals surface area contributed by atoms with Crippen molar-refractivity contribution < 1.29 is 9.59 Å². The second kappa shape index (κ2) is 7.29. The maximum Gasteiger partial charge on any atom is 0.273 e. The lowest BCUT2D eigenvalue weighted by Gasteiger charge is -2.34. The smallest absolute Gasteiger partial charge is 0.273 e. The van der Waals surface area contributed by atoms with E-state index in [0.717, 1.165) is 5.01 Å². The SMILES string of the molecule is NCc1nc(C(=O)N2CCN(C(=O)c3ccc(Cl)cc3)CC2)cs1. The molecule has 0 aliphatic carbocycles. The number of carbonyl (C=O) groups is 2. The lowest BCUT2D eigenvalue weighted by molar-refractivity contribution is 0.0532. The van der Waals surface area contributed by atoms with E-state index in [9.17, 15) is 9.59 Å². The first-order chi connectivity index (χ1) is 11.6. The molecule has 0 bridgehead atoms. The summed E-state index contributed by atoms with van der Waals surface area (Å²) in [6.45, 7) is 2.32. The lowest BCUT2D eigenvalue weighted by Crippen LogP contribution is -2.50. The summed E-state index contributed by atoms with van der Waals surface area (Å²) >= 11 is 7.23. The molecule has 8 heteroatoms. The molecule has 2 heterocycles. The predicted octanol–water partition coefficient (Wildman–Crippen LogP) is 1.85. The molecule has 126 valence electrons. The zero-order chi connectivity index (χ0) is 17.1. The minimum Gasteiger partial charge on any atom is -0.335 e. The van der Waals surface area contributed by atoms with Crippen molar-refractivity contribution in [1.82, 2.24) is 14.8 Å². The largest absolute Gasteiger partial charge is 0.335 e. The van der Waals surface area contributed by atoms with Crippen molar-refractivity contribution in [3.63, 3.8) is 0 Å². The van der Waals surface area contributed by atoms with Crippen LogP contribution in [0.2, 0.25) is 5.02 Å². The average Bonchev–Trinajstić information content (AvgIpc) is 3.10. The number of thiazole rings is 1. The molecule has 1 saturated heterocycles. The molecule has 1 aliphatic rings. The van der Waals surface area contributed by atoms with Gasteiger partial charge >= 0.3 is 0 Å². The van der Waals surface area contributed by atoms with Crippen molar-refractivity contribution in [2.45, 2.75) is 6.54 Å². The number of benzene rings is 1. The standard InChI is InChI=1S/C16H17ClN4O2S/c17-12-3-1-11(2-4-12)15(22)20-5-7-21(8-6-20)16(23)13-10-24-14(9-18)19-13/h1-4,10H,5-9,18H2. The van der Waals surface area contributed by atoms with Crippen LogP contribution in [0.25, 0.3) is 0 Å². The van der Waals surface area contributed by atoms with Crippen LogP contribution in [-0.4, -0.2) is 52.8 Å². The quantitative estimate of drug-likeness (QED) is 0.901. The number of piperazine rings is 1. The molecule has 0 saturated carbocycles. The highest BCUT2D eigenvalue weighted by Crippen LogP contribution is 2.15. The number of nitrogens with zero attached hydrogens (tertiary/aromatic N) is 3. The van der Waals surface area contributed by atoms with E-state index in [1.54, 1.807) is 39.4 Å². The summed E-state index contributed by atoms with van der Waals surface area (Å²) in [5.41, 5.74) is 6.56. The minimum atomic E-state index is -0.107. The Morgan fingerprint density at radius 1 is 1.08 bits per heavy atom. The van der Waals surface area contributed by atoms with Gasteiger partial charge in [0.1, 0.15) is 10.7 Å². The number of amides is 2. The molecule has 24 heavy (non-hydrogen) atoms. The highest BCUT2D eigenvalue weighted by atomic mass is 35.5. The second-order valence-corrected chi connectivity index (χ2v) is 6.80. The lowest BCUT2D eigenvalue weighted by atomic mass is 10.2. The average molecular weight is 365 g/mol. The molecule has 2 N–H and O–H groups in total. The Bertz CT molecular complexity index is 739. The van der Waals surface area contributed by atoms with Gasteiger partial charge in [0.15, 0.2) is 0 Å². The van der Waals surface area contributed by atoms with Crippen LogP contribution in [0.5, 0.6) is 0 Å². The predicted molar refractivity (Wildman–Crippen MR) is 93.3 cm³/mol. The highest BCUT2D eigenvalue weighted by Gasteiger charge is 2.26. The molecule has 1 aliphatic heterocycles. The number of carbonyl (C=O) groups excluding carboxylic acids is 2. The zero-order valence-corrected chi connectivity index (χ0v) is 14.5. The molecule has 2 amide bonds. The van der Waals surface area contributed by atoms with Crippen LogP contribution in [0.4, 0.5) is 0 Å². The Balaban J connectivity index is 1.60. The summed E-state index contributed by atoms with van der Waals surface area (Å²) in [6, 6.07) is 6.83. The van der Waals surface area contributed by atoms with Crippen molar-refractivity contribution >= 4 is 34.8 Å². The molecule has 2 aromatic rings. The number of rotatable bonds is 3. The number of nitrogens with two attached hydrogens (primary N) is 1. The molecule has 0 unspecified atom stereocenters. The van der Waals surface area contributed by atoms with E-state index in [1.165, 1.54) is 11.3 Å². The van der Waals surface area contributed by atoms with Gasteiger partial charge < -0.3 is 15.5 Å². The van der Waals surface area contributed by atoms with E-state index in [1.807, 2.05) is 0 Å². The van der Waals surface area contributed by atoms with Crippen LogP contribution in [0.3, 0.4) is 0 Å². The Labute approximate surface area is 148 Å². The normalized spacial score (nSPS) is 14.8. The zero-order valence-electron chi connectivity index (χ0n) is 12.9. The summed E-state index contributed by atoms with van der Waals surface area (Å²) in [6.07, 6.45) is 0. The van der Waals surface area contributed by atoms with Crippen molar-refractivity contribution in [2.75, 3.05) is 26.2 Å². The van der Waals surface area contributed by atoms with Crippen molar-refractivity contribution in [3.05, 3.63) is 50.9 Å². The molecule has 0 atom stereocenters. The molecule has 6 nitrogen and oxygen atoms in total. The Kier molecular flexibility index (Phi) is 5.13. The third-order valence-corrected chi connectivity index (χ3v) is 5.01. The first-order valence-corrected chi connectivity index (χ1v) is 8.83. The third-order valence-electron chi connectivity index (χ3n) is 3.89. The van der Waals surface area contributed by atoms with Crippen molar-refractivity contribution in [1.29, 1.82) is 0 Å². The number of hydrogen-bond acceptors (Lipinski definition) is 5. The summed E-state index contributed by atoms with van der Waals surface area (Å²) in [7, 11) is 0. The van der Waals surface area contributed by atoms with Crippen LogP contribution in [0.1, 0.15) is 25.9 Å². The van der Waals surface area contributed by atoms with Gasteiger partial charge in [-0.3, -0.25) is 9.59 Å². The van der Waals surface area contributed by atoms with Gasteiger partial charge in [-0.2, -0.15) is 0 Å². The van der Waals surface area contributed by atoms with E-state index < -0.39 is 0 Å². The van der Waals surface area contributed by atoms with Crippen LogP contribution in [0.15, 0.2) is 29.6 Å². The van der Waals surface area contributed by atoms with E-state index in [-0.39, 0.29) is 11.8 Å². The van der Waals surface area contributed by atoms with Gasteiger partial charge in [0.25, 0.3) is 11.8 Å². The summed E-state index contributed by atoms with van der Waals surface area (Å²) < 4.78 is 0. The molecule has 1 fully saturated rings. The summed E-state index contributed by atoms with van der Waals surface area (Å²) in [5.74, 6) is -0.151. The van der Waals surface area contributed by atoms with E-state index in [2.05, 4.69) is 4.98 Å². The fraction of sp³-hybridized carbons (Fsp3) is 0.312. The Morgan fingerprint density at radius 2 is 1.67 bits per heavy atom. The fourth-order valence-electron chi connectivity index (χ4n) is 2.55. The maximum atomic E-state index is 12.5. The van der Waals surface area contributed by atoms with Crippen LogP contribution in [0, 0.1) is 0 Å². The molecule has 1 aromatic heterocycles. The molecule has 1 aromatic carbocycles. The van der Waals surface area contributed by atoms with Crippen LogP contribution in [-0.2, 0) is 6.54 Å². The van der Waals surface area contributed by atoms with Gasteiger partial charge in [-0.05, 0) is 24.3 Å². The number of halogens is 1. The molecular formula is C16H17ClN4O2S. The van der Waals surface area contributed by atoms with E-state index >= 15 is 0 Å². The molecule has 0 radical (unpaired) electrons. The van der Waals surface area contributed by atoms with Gasteiger partial charge in [-0.15, -0.1) is 11.3 Å². The number of hydrogen-bond donors (Lipinski definition) is 1. The molecular weight excluding hydrogens is 348 g/mol. The Morgan fingerprint density at radius 3 is 2.21 bits per heavy atom. The van der Waals surface area contributed by atoms with E-state index in [0.29, 0.717) is 49.0 Å². The molecule has 3 rings (SSSR count). The van der Waals surface area contributed by atoms with Crippen molar-refractivity contribution in [3.8, 4) is 0 Å². The monoisotopic (exact) mass is 364 g/mol. The topological polar surface area (TPSA) is 79.5 Å². The van der Waals surface area contributed by atoms with Crippen LogP contribution < -0.4 is 5.73 Å². The highest BCUT2D eigenvalue weighted by molar-refractivity contribution is 7.09. The summed E-state index contributed by atoms with van der Waals surface area (Å²) in [5, 5.41) is 3.08. The molecule has 0 spiro atoms. The second-order valence-electron chi connectivity index (χ2n) is 5.42. The fourth-order valence-corrected chi connectivity index (χ4v) is 3.33.